The van der Waals surface area contributed by atoms with Gasteiger partial charge in [-0.05, 0) is 42.3 Å². The molecule has 124 valence electrons. The standard InChI is InChI=1S/C15H19BrN4O3/c1-15(2)22-13-8(7-21)5-9(14(13)23-15)18-11-3-4-17-12-6-10(16)19-20(11)12/h3-4,6,8-9,13-14,18,21H,5,7H2,1-2H3. The minimum Gasteiger partial charge on any atom is -0.396 e. The second kappa shape index (κ2) is 5.41. The van der Waals surface area contributed by atoms with Crippen molar-refractivity contribution >= 4 is 27.4 Å². The third-order valence-electron chi connectivity index (χ3n) is 4.48. The van der Waals surface area contributed by atoms with Crippen molar-refractivity contribution in [1.82, 2.24) is 14.6 Å². The number of fused-ring (bicyclic) bond motifs is 2. The lowest BCUT2D eigenvalue weighted by atomic mass is 10.1. The molecule has 7 nitrogen and oxygen atoms in total. The Morgan fingerprint density at radius 2 is 2.22 bits per heavy atom. The second-order valence-electron chi connectivity index (χ2n) is 6.56. The number of hydrogen-bond donors (Lipinski definition) is 2. The molecule has 1 saturated carbocycles. The maximum Gasteiger partial charge on any atom is 0.163 e. The molecule has 8 heteroatoms. The fraction of sp³-hybridized carbons (Fsp3) is 0.600. The molecule has 0 amide bonds. The van der Waals surface area contributed by atoms with Crippen LogP contribution in [-0.2, 0) is 9.47 Å². The highest BCUT2D eigenvalue weighted by molar-refractivity contribution is 9.10. The first-order valence-corrected chi connectivity index (χ1v) is 8.49. The van der Waals surface area contributed by atoms with Crippen molar-refractivity contribution in [2.24, 2.45) is 5.92 Å². The van der Waals surface area contributed by atoms with Gasteiger partial charge >= 0.3 is 0 Å². The van der Waals surface area contributed by atoms with E-state index < -0.39 is 5.79 Å². The van der Waals surface area contributed by atoms with Crippen molar-refractivity contribution in [3.05, 3.63) is 22.9 Å². The van der Waals surface area contributed by atoms with E-state index in [1.165, 1.54) is 0 Å². The molecule has 23 heavy (non-hydrogen) atoms. The predicted molar refractivity (Wildman–Crippen MR) is 87.1 cm³/mol. The molecule has 0 aromatic carbocycles. The molecule has 2 aliphatic rings. The Labute approximate surface area is 142 Å². The van der Waals surface area contributed by atoms with Crippen molar-refractivity contribution < 1.29 is 14.6 Å². The van der Waals surface area contributed by atoms with Crippen LogP contribution in [0.25, 0.3) is 5.65 Å². The Bertz CT molecular complexity index is 735. The maximum atomic E-state index is 9.65. The van der Waals surface area contributed by atoms with E-state index in [4.69, 9.17) is 9.47 Å². The van der Waals surface area contributed by atoms with Crippen LogP contribution in [0, 0.1) is 5.92 Å². The topological polar surface area (TPSA) is 80.9 Å². The van der Waals surface area contributed by atoms with Crippen LogP contribution < -0.4 is 5.32 Å². The van der Waals surface area contributed by atoms with Crippen molar-refractivity contribution in [2.45, 2.75) is 44.3 Å². The molecule has 2 fully saturated rings. The zero-order valence-electron chi connectivity index (χ0n) is 12.9. The first kappa shape index (κ1) is 15.3. The number of aliphatic hydroxyl groups is 1. The van der Waals surface area contributed by atoms with Crippen LogP contribution in [-0.4, -0.2) is 50.3 Å². The van der Waals surface area contributed by atoms with Gasteiger partial charge in [-0.25, -0.2) is 4.98 Å². The van der Waals surface area contributed by atoms with Crippen LogP contribution >= 0.6 is 15.9 Å². The zero-order chi connectivity index (χ0) is 16.2. The number of aromatic nitrogens is 3. The van der Waals surface area contributed by atoms with Crippen LogP contribution in [0.4, 0.5) is 5.82 Å². The summed E-state index contributed by atoms with van der Waals surface area (Å²) in [5.74, 6) is 0.295. The number of nitrogens with one attached hydrogen (secondary N) is 1. The molecule has 0 bridgehead atoms. The normalized spacial score (nSPS) is 32.3. The predicted octanol–water partition coefficient (Wildman–Crippen LogP) is 1.80. The maximum absolute atomic E-state index is 9.65. The molecule has 2 N–H and O–H groups in total. The lowest BCUT2D eigenvalue weighted by Gasteiger charge is -2.24. The first-order chi connectivity index (χ1) is 11.0. The smallest absolute Gasteiger partial charge is 0.163 e. The van der Waals surface area contributed by atoms with Crippen LogP contribution in [0.1, 0.15) is 20.3 Å². The highest BCUT2D eigenvalue weighted by Gasteiger charge is 2.53. The minimum absolute atomic E-state index is 0.0486. The number of aliphatic hydroxyl groups excluding tert-OH is 1. The van der Waals surface area contributed by atoms with Gasteiger partial charge in [0, 0.05) is 24.8 Å². The molecule has 3 heterocycles. The molecule has 2 aromatic heterocycles. The summed E-state index contributed by atoms with van der Waals surface area (Å²) in [6.07, 6.45) is 2.35. The van der Waals surface area contributed by atoms with Crippen molar-refractivity contribution in [3.8, 4) is 0 Å². The Balaban J connectivity index is 1.63. The lowest BCUT2D eigenvalue weighted by molar-refractivity contribution is -0.158. The summed E-state index contributed by atoms with van der Waals surface area (Å²) in [6, 6.07) is 3.79. The molecule has 1 aliphatic heterocycles. The minimum atomic E-state index is -0.620. The van der Waals surface area contributed by atoms with E-state index in [1.807, 2.05) is 26.0 Å². The quantitative estimate of drug-likeness (QED) is 0.842. The number of nitrogens with zero attached hydrogens (tertiary/aromatic N) is 3. The van der Waals surface area contributed by atoms with E-state index in [0.29, 0.717) is 0 Å². The molecule has 4 atom stereocenters. The van der Waals surface area contributed by atoms with Gasteiger partial charge in [-0.2, -0.15) is 9.61 Å². The molecule has 0 radical (unpaired) electrons. The summed E-state index contributed by atoms with van der Waals surface area (Å²) in [4.78, 5) is 4.29. The van der Waals surface area contributed by atoms with Crippen molar-refractivity contribution in [1.29, 1.82) is 0 Å². The summed E-state index contributed by atoms with van der Waals surface area (Å²) in [5, 5.41) is 17.5. The average Bonchev–Trinajstić information content (AvgIpc) is 3.10. The Morgan fingerprint density at radius 1 is 1.43 bits per heavy atom. The third kappa shape index (κ3) is 2.63. The van der Waals surface area contributed by atoms with Crippen LogP contribution in [0.2, 0.25) is 0 Å². The van der Waals surface area contributed by atoms with E-state index in [9.17, 15) is 5.11 Å². The summed E-state index contributed by atoms with van der Waals surface area (Å²) < 4.78 is 14.5. The molecular weight excluding hydrogens is 364 g/mol. The van der Waals surface area contributed by atoms with E-state index >= 15 is 0 Å². The second-order valence-corrected chi connectivity index (χ2v) is 7.37. The van der Waals surface area contributed by atoms with Gasteiger partial charge in [-0.15, -0.1) is 0 Å². The zero-order valence-corrected chi connectivity index (χ0v) is 14.5. The van der Waals surface area contributed by atoms with E-state index in [2.05, 4.69) is 31.3 Å². The molecular formula is C15H19BrN4O3. The highest BCUT2D eigenvalue weighted by Crippen LogP contribution is 2.42. The first-order valence-electron chi connectivity index (χ1n) is 7.70. The SMILES string of the molecule is CC1(C)OC2C(CO)CC(Nc3ccnc4cc(Br)nn34)C2O1. The third-order valence-corrected chi connectivity index (χ3v) is 4.86. The van der Waals surface area contributed by atoms with E-state index in [-0.39, 0.29) is 30.8 Å². The average molecular weight is 383 g/mol. The van der Waals surface area contributed by atoms with E-state index in [1.54, 1.807) is 10.7 Å². The van der Waals surface area contributed by atoms with Gasteiger partial charge in [-0.3, -0.25) is 0 Å². The van der Waals surface area contributed by atoms with Gasteiger partial charge in [0.25, 0.3) is 0 Å². The highest BCUT2D eigenvalue weighted by atomic mass is 79.9. The van der Waals surface area contributed by atoms with Crippen molar-refractivity contribution in [3.63, 3.8) is 0 Å². The van der Waals surface area contributed by atoms with Crippen LogP contribution in [0.5, 0.6) is 0 Å². The van der Waals surface area contributed by atoms with Gasteiger partial charge in [-0.1, -0.05) is 0 Å². The number of halogens is 1. The molecule has 4 unspecified atom stereocenters. The summed E-state index contributed by atoms with van der Waals surface area (Å²) in [7, 11) is 0. The molecule has 4 rings (SSSR count). The largest absolute Gasteiger partial charge is 0.396 e. The van der Waals surface area contributed by atoms with Gasteiger partial charge in [0.1, 0.15) is 16.5 Å². The fourth-order valence-electron chi connectivity index (χ4n) is 3.57. The molecule has 0 spiro atoms. The van der Waals surface area contributed by atoms with Gasteiger partial charge in [0.15, 0.2) is 11.4 Å². The summed E-state index contributed by atoms with van der Waals surface area (Å²) >= 11 is 3.37. The number of anilines is 1. The Morgan fingerprint density at radius 3 is 3.00 bits per heavy atom. The van der Waals surface area contributed by atoms with Gasteiger partial charge in [0.05, 0.1) is 12.1 Å². The fourth-order valence-corrected chi connectivity index (χ4v) is 3.94. The number of ether oxygens (including phenoxy) is 2. The lowest BCUT2D eigenvalue weighted by Crippen LogP contribution is -2.35. The van der Waals surface area contributed by atoms with Crippen molar-refractivity contribution in [2.75, 3.05) is 11.9 Å². The number of rotatable bonds is 3. The number of hydrogen-bond acceptors (Lipinski definition) is 6. The molecule has 1 saturated heterocycles. The molecule has 1 aliphatic carbocycles. The van der Waals surface area contributed by atoms with Gasteiger partial charge < -0.3 is 19.9 Å². The van der Waals surface area contributed by atoms with Crippen LogP contribution in [0.3, 0.4) is 0 Å². The van der Waals surface area contributed by atoms with Gasteiger partial charge in [0.2, 0.25) is 0 Å². The summed E-state index contributed by atoms with van der Waals surface area (Å²) in [5.41, 5.74) is 0.763. The monoisotopic (exact) mass is 382 g/mol. The van der Waals surface area contributed by atoms with E-state index in [0.717, 1.165) is 22.5 Å². The van der Waals surface area contributed by atoms with Crippen LogP contribution in [0.15, 0.2) is 22.9 Å². The Kier molecular flexibility index (Phi) is 3.60. The summed E-state index contributed by atoms with van der Waals surface area (Å²) in [6.45, 7) is 3.91. The Hall–Kier alpha value is -1.22. The molecule has 2 aromatic rings.